The van der Waals surface area contributed by atoms with E-state index in [0.717, 1.165) is 27.8 Å². The molecule has 3 amide bonds. The van der Waals surface area contributed by atoms with Crippen LogP contribution in [0, 0.1) is 6.92 Å². The number of halogens is 1. The van der Waals surface area contributed by atoms with Crippen LogP contribution in [-0.4, -0.2) is 28.5 Å². The maximum absolute atomic E-state index is 12.7. The Morgan fingerprint density at radius 3 is 2.56 bits per heavy atom. The Balaban J connectivity index is 1.36. The summed E-state index contributed by atoms with van der Waals surface area (Å²) in [6, 6.07) is 22.0. The Labute approximate surface area is 206 Å². The van der Waals surface area contributed by atoms with Crippen molar-refractivity contribution in [3.05, 3.63) is 99.4 Å². The highest BCUT2D eigenvalue weighted by molar-refractivity contribution is 8.18. The second-order valence-electron chi connectivity index (χ2n) is 7.67. The first-order valence-corrected chi connectivity index (χ1v) is 11.7. The average Bonchev–Trinajstić information content (AvgIpc) is 3.06. The lowest BCUT2D eigenvalue weighted by Gasteiger charge is -2.12. The van der Waals surface area contributed by atoms with Crippen LogP contribution in [0.3, 0.4) is 0 Å². The maximum Gasteiger partial charge on any atom is 0.294 e. The van der Waals surface area contributed by atoms with Gasteiger partial charge in [0.25, 0.3) is 11.1 Å². The van der Waals surface area contributed by atoms with Crippen LogP contribution >= 0.6 is 23.4 Å². The fourth-order valence-corrected chi connectivity index (χ4v) is 4.36. The van der Waals surface area contributed by atoms with Crippen LogP contribution < -0.4 is 10.1 Å². The zero-order valence-electron chi connectivity index (χ0n) is 18.3. The van der Waals surface area contributed by atoms with Crippen molar-refractivity contribution in [2.24, 2.45) is 0 Å². The summed E-state index contributed by atoms with van der Waals surface area (Å²) >= 11 is 6.72. The Bertz CT molecular complexity index is 1270. The Morgan fingerprint density at radius 1 is 1.06 bits per heavy atom. The predicted molar refractivity (Wildman–Crippen MR) is 135 cm³/mol. The number of thioether (sulfide) groups is 1. The number of hydrogen-bond acceptors (Lipinski definition) is 5. The molecular formula is C26H21ClN2O4S. The monoisotopic (exact) mass is 492 g/mol. The number of hydrogen-bond donors (Lipinski definition) is 1. The molecule has 0 radical (unpaired) electrons. The van der Waals surface area contributed by atoms with E-state index in [9.17, 15) is 14.4 Å². The first kappa shape index (κ1) is 23.6. The van der Waals surface area contributed by atoms with Gasteiger partial charge in [0.2, 0.25) is 5.91 Å². The van der Waals surface area contributed by atoms with Gasteiger partial charge in [0.05, 0.1) is 4.91 Å². The largest absolute Gasteiger partial charge is 0.489 e. The van der Waals surface area contributed by atoms with Gasteiger partial charge in [0, 0.05) is 10.7 Å². The van der Waals surface area contributed by atoms with Crippen molar-refractivity contribution in [1.29, 1.82) is 0 Å². The van der Waals surface area contributed by atoms with E-state index >= 15 is 0 Å². The zero-order valence-corrected chi connectivity index (χ0v) is 19.9. The lowest BCUT2D eigenvalue weighted by molar-refractivity contribution is -0.127. The summed E-state index contributed by atoms with van der Waals surface area (Å²) in [4.78, 5) is 38.5. The average molecular weight is 493 g/mol. The van der Waals surface area contributed by atoms with Gasteiger partial charge in [-0.15, -0.1) is 0 Å². The van der Waals surface area contributed by atoms with Gasteiger partial charge in [0.1, 0.15) is 18.9 Å². The summed E-state index contributed by atoms with van der Waals surface area (Å²) in [6.45, 7) is 2.11. The molecule has 0 spiro atoms. The maximum atomic E-state index is 12.7. The molecule has 1 aliphatic rings. The number of carbonyl (C=O) groups excluding carboxylic acids is 3. The van der Waals surface area contributed by atoms with E-state index in [1.807, 2.05) is 49.4 Å². The fourth-order valence-electron chi connectivity index (χ4n) is 3.33. The van der Waals surface area contributed by atoms with E-state index < -0.39 is 17.1 Å². The van der Waals surface area contributed by atoms with Crippen LogP contribution in [0.25, 0.3) is 6.08 Å². The number of ether oxygens (including phenoxy) is 1. The molecule has 0 bridgehead atoms. The van der Waals surface area contributed by atoms with E-state index in [-0.39, 0.29) is 11.4 Å². The SMILES string of the molecule is Cc1cccc(COc2ccc(/C=C3/SC(=O)N(CC(=O)Nc4cccc(Cl)c4)C3=O)cc2)c1. The molecule has 0 unspecified atom stereocenters. The lowest BCUT2D eigenvalue weighted by Crippen LogP contribution is -2.36. The standard InChI is InChI=1S/C26H21ClN2O4S/c1-17-4-2-5-19(12-17)16-33-22-10-8-18(9-11-22)13-23-25(31)29(26(32)34-23)15-24(30)28-21-7-3-6-20(27)14-21/h2-14H,15-16H2,1H3,(H,28,30)/b23-13+. The summed E-state index contributed by atoms with van der Waals surface area (Å²) in [5.41, 5.74) is 3.49. The normalized spacial score (nSPS) is 14.5. The molecule has 1 heterocycles. The molecule has 1 N–H and O–H groups in total. The first-order chi connectivity index (χ1) is 16.4. The van der Waals surface area contributed by atoms with E-state index in [1.165, 1.54) is 5.56 Å². The third-order valence-electron chi connectivity index (χ3n) is 4.95. The van der Waals surface area contributed by atoms with Gasteiger partial charge in [-0.3, -0.25) is 19.3 Å². The van der Waals surface area contributed by atoms with Crippen molar-refractivity contribution in [1.82, 2.24) is 4.90 Å². The summed E-state index contributed by atoms with van der Waals surface area (Å²) in [5.74, 6) is -0.290. The minimum absolute atomic E-state index is 0.258. The van der Waals surface area contributed by atoms with Crippen molar-refractivity contribution in [3.8, 4) is 5.75 Å². The molecule has 3 aromatic carbocycles. The van der Waals surface area contributed by atoms with Gasteiger partial charge in [-0.05, 0) is 66.2 Å². The smallest absolute Gasteiger partial charge is 0.294 e. The fraction of sp³-hybridized carbons (Fsp3) is 0.115. The predicted octanol–water partition coefficient (Wildman–Crippen LogP) is 5.90. The second-order valence-corrected chi connectivity index (χ2v) is 9.10. The van der Waals surface area contributed by atoms with Crippen molar-refractivity contribution in [2.45, 2.75) is 13.5 Å². The minimum Gasteiger partial charge on any atom is -0.489 e. The number of nitrogens with one attached hydrogen (secondary N) is 1. The summed E-state index contributed by atoms with van der Waals surface area (Å²) < 4.78 is 5.82. The molecule has 1 aliphatic heterocycles. The van der Waals surface area contributed by atoms with E-state index in [2.05, 4.69) is 11.4 Å². The zero-order chi connectivity index (χ0) is 24.1. The van der Waals surface area contributed by atoms with Crippen molar-refractivity contribution in [2.75, 3.05) is 11.9 Å². The molecule has 0 aliphatic carbocycles. The van der Waals surface area contributed by atoms with Gasteiger partial charge < -0.3 is 10.1 Å². The second kappa shape index (κ2) is 10.6. The molecule has 3 aromatic rings. The third kappa shape index (κ3) is 6.07. The Kier molecular flexibility index (Phi) is 7.35. The molecular weight excluding hydrogens is 472 g/mol. The highest BCUT2D eigenvalue weighted by Crippen LogP contribution is 2.32. The summed E-state index contributed by atoms with van der Waals surface area (Å²) in [5, 5.41) is 2.62. The van der Waals surface area contributed by atoms with Gasteiger partial charge >= 0.3 is 0 Å². The number of anilines is 1. The highest BCUT2D eigenvalue weighted by atomic mass is 35.5. The minimum atomic E-state index is -0.504. The number of nitrogens with zero attached hydrogens (tertiary/aromatic N) is 1. The van der Waals surface area contributed by atoms with Crippen LogP contribution in [0.5, 0.6) is 5.75 Å². The number of rotatable bonds is 7. The molecule has 34 heavy (non-hydrogen) atoms. The molecule has 172 valence electrons. The van der Waals surface area contributed by atoms with Crippen LogP contribution in [0.4, 0.5) is 10.5 Å². The van der Waals surface area contributed by atoms with E-state index in [1.54, 1.807) is 30.3 Å². The van der Waals surface area contributed by atoms with Crippen LogP contribution in [0.15, 0.2) is 77.7 Å². The first-order valence-electron chi connectivity index (χ1n) is 10.5. The number of aryl methyl sites for hydroxylation is 1. The third-order valence-corrected chi connectivity index (χ3v) is 6.09. The molecule has 0 saturated carbocycles. The van der Waals surface area contributed by atoms with Crippen molar-refractivity contribution >= 4 is 52.2 Å². The highest BCUT2D eigenvalue weighted by Gasteiger charge is 2.36. The number of amides is 3. The summed E-state index contributed by atoms with van der Waals surface area (Å²) in [7, 11) is 0. The summed E-state index contributed by atoms with van der Waals surface area (Å²) in [6.07, 6.45) is 1.63. The quantitative estimate of drug-likeness (QED) is 0.415. The van der Waals surface area contributed by atoms with Crippen LogP contribution in [0.1, 0.15) is 16.7 Å². The Morgan fingerprint density at radius 2 is 1.82 bits per heavy atom. The molecule has 0 atom stereocenters. The van der Waals surface area contributed by atoms with Gasteiger partial charge in [-0.25, -0.2) is 0 Å². The lowest BCUT2D eigenvalue weighted by atomic mass is 10.1. The van der Waals surface area contributed by atoms with Crippen molar-refractivity contribution in [3.63, 3.8) is 0 Å². The van der Waals surface area contributed by atoms with Crippen LogP contribution in [-0.2, 0) is 16.2 Å². The number of benzene rings is 3. The molecule has 1 saturated heterocycles. The topological polar surface area (TPSA) is 75.7 Å². The molecule has 8 heteroatoms. The Hall–Kier alpha value is -3.55. The van der Waals surface area contributed by atoms with Crippen molar-refractivity contribution < 1.29 is 19.1 Å². The number of imide groups is 1. The molecule has 0 aromatic heterocycles. The molecule has 4 rings (SSSR count). The van der Waals surface area contributed by atoms with Crippen LogP contribution in [0.2, 0.25) is 5.02 Å². The van der Waals surface area contributed by atoms with Gasteiger partial charge in [0.15, 0.2) is 0 Å². The van der Waals surface area contributed by atoms with E-state index in [0.29, 0.717) is 23.1 Å². The number of carbonyl (C=O) groups is 3. The van der Waals surface area contributed by atoms with E-state index in [4.69, 9.17) is 16.3 Å². The molecule has 6 nitrogen and oxygen atoms in total. The van der Waals surface area contributed by atoms with Gasteiger partial charge in [-0.1, -0.05) is 59.6 Å². The van der Waals surface area contributed by atoms with Gasteiger partial charge in [-0.2, -0.15) is 0 Å². The molecule has 1 fully saturated rings.